The summed E-state index contributed by atoms with van der Waals surface area (Å²) in [5.74, 6) is 0.986. The summed E-state index contributed by atoms with van der Waals surface area (Å²) in [4.78, 5) is 0. The van der Waals surface area contributed by atoms with Crippen molar-refractivity contribution in [2.45, 2.75) is 46.6 Å². The molecule has 92 valence electrons. The van der Waals surface area contributed by atoms with E-state index in [1.54, 1.807) is 6.26 Å². The largest absolute Gasteiger partial charge is 0.464 e. The van der Waals surface area contributed by atoms with Gasteiger partial charge in [-0.2, -0.15) is 0 Å². The molecule has 0 atom stereocenters. The summed E-state index contributed by atoms with van der Waals surface area (Å²) in [7, 11) is 0. The average molecular weight is 231 g/mol. The van der Waals surface area contributed by atoms with Crippen LogP contribution in [0.2, 0.25) is 0 Å². The van der Waals surface area contributed by atoms with Crippen LogP contribution in [0.25, 0.3) is 11.3 Å². The summed E-state index contributed by atoms with van der Waals surface area (Å²) in [6.45, 7) is 7.75. The molecule has 2 aromatic heterocycles. The molecule has 0 saturated carbocycles. The summed E-state index contributed by atoms with van der Waals surface area (Å²) in [5.41, 5.74) is 3.98. The predicted octanol–water partition coefficient (Wildman–Crippen LogP) is 4.42. The van der Waals surface area contributed by atoms with E-state index < -0.39 is 0 Å². The zero-order valence-corrected chi connectivity index (χ0v) is 11.0. The van der Waals surface area contributed by atoms with Gasteiger partial charge in [-0.3, -0.25) is 0 Å². The van der Waals surface area contributed by atoms with Gasteiger partial charge in [0.05, 0.1) is 6.26 Å². The standard InChI is InChI=1S/C15H21NO/c1-4-6-9-16-12(3)11-13(14(16)5-2)15-8-7-10-17-15/h7-8,10-11H,4-6,9H2,1-3H3. The number of aromatic nitrogens is 1. The highest BCUT2D eigenvalue weighted by molar-refractivity contribution is 5.62. The Morgan fingerprint density at radius 2 is 2.12 bits per heavy atom. The van der Waals surface area contributed by atoms with Crippen LogP contribution < -0.4 is 0 Å². The predicted molar refractivity (Wildman–Crippen MR) is 71.2 cm³/mol. The first-order valence-corrected chi connectivity index (χ1v) is 6.50. The highest BCUT2D eigenvalue weighted by Gasteiger charge is 2.14. The van der Waals surface area contributed by atoms with E-state index in [4.69, 9.17) is 4.42 Å². The molecule has 0 saturated heterocycles. The van der Waals surface area contributed by atoms with E-state index in [-0.39, 0.29) is 0 Å². The van der Waals surface area contributed by atoms with Crippen LogP contribution >= 0.6 is 0 Å². The number of hydrogen-bond donors (Lipinski definition) is 0. The zero-order valence-electron chi connectivity index (χ0n) is 11.0. The third kappa shape index (κ3) is 2.31. The second kappa shape index (κ2) is 5.26. The van der Waals surface area contributed by atoms with Crippen LogP contribution in [-0.4, -0.2) is 4.57 Å². The number of unbranched alkanes of at least 4 members (excludes halogenated alkanes) is 1. The van der Waals surface area contributed by atoms with Gasteiger partial charge in [0.2, 0.25) is 0 Å². The molecule has 0 fully saturated rings. The molecular weight excluding hydrogens is 210 g/mol. The van der Waals surface area contributed by atoms with E-state index in [1.807, 2.05) is 12.1 Å². The first kappa shape index (κ1) is 12.0. The Kier molecular flexibility index (Phi) is 3.72. The van der Waals surface area contributed by atoms with Crippen LogP contribution in [0.15, 0.2) is 28.9 Å². The van der Waals surface area contributed by atoms with Gasteiger partial charge < -0.3 is 8.98 Å². The number of furan rings is 1. The average Bonchev–Trinajstić information content (AvgIpc) is 2.93. The molecule has 0 N–H and O–H groups in total. The minimum absolute atomic E-state index is 0.986. The fourth-order valence-corrected chi connectivity index (χ4v) is 2.38. The molecule has 0 amide bonds. The monoisotopic (exact) mass is 231 g/mol. The Morgan fingerprint density at radius 1 is 1.29 bits per heavy atom. The van der Waals surface area contributed by atoms with Crippen LogP contribution in [0.5, 0.6) is 0 Å². The van der Waals surface area contributed by atoms with Crippen molar-refractivity contribution in [2.75, 3.05) is 0 Å². The SMILES string of the molecule is CCCCn1c(C)cc(-c2ccco2)c1CC. The number of nitrogens with zero attached hydrogens (tertiary/aromatic N) is 1. The fourth-order valence-electron chi connectivity index (χ4n) is 2.38. The minimum Gasteiger partial charge on any atom is -0.464 e. The molecule has 0 aliphatic carbocycles. The van der Waals surface area contributed by atoms with Crippen LogP contribution in [0.3, 0.4) is 0 Å². The highest BCUT2D eigenvalue weighted by atomic mass is 16.3. The Balaban J connectivity index is 2.40. The first-order valence-electron chi connectivity index (χ1n) is 6.50. The van der Waals surface area contributed by atoms with Crippen LogP contribution in [0, 0.1) is 6.92 Å². The molecule has 0 aromatic carbocycles. The van der Waals surface area contributed by atoms with Gasteiger partial charge >= 0.3 is 0 Å². The van der Waals surface area contributed by atoms with Gasteiger partial charge in [-0.05, 0) is 38.0 Å². The van der Waals surface area contributed by atoms with E-state index in [0.717, 1.165) is 18.7 Å². The van der Waals surface area contributed by atoms with Crippen molar-refractivity contribution in [1.29, 1.82) is 0 Å². The van der Waals surface area contributed by atoms with Gasteiger partial charge in [-0.1, -0.05) is 20.3 Å². The molecule has 17 heavy (non-hydrogen) atoms. The molecule has 2 heterocycles. The number of hydrogen-bond acceptors (Lipinski definition) is 1. The lowest BCUT2D eigenvalue weighted by molar-refractivity contribution is 0.577. The number of rotatable bonds is 5. The quantitative estimate of drug-likeness (QED) is 0.745. The molecule has 2 heteroatoms. The molecule has 2 rings (SSSR count). The third-order valence-corrected chi connectivity index (χ3v) is 3.27. The van der Waals surface area contributed by atoms with Gasteiger partial charge in [0.1, 0.15) is 5.76 Å². The molecule has 0 unspecified atom stereocenters. The van der Waals surface area contributed by atoms with Gasteiger partial charge in [0.25, 0.3) is 0 Å². The molecule has 0 spiro atoms. The summed E-state index contributed by atoms with van der Waals surface area (Å²) in [5, 5.41) is 0. The van der Waals surface area contributed by atoms with Crippen molar-refractivity contribution >= 4 is 0 Å². The van der Waals surface area contributed by atoms with Crippen molar-refractivity contribution in [1.82, 2.24) is 4.57 Å². The fraction of sp³-hybridized carbons (Fsp3) is 0.467. The summed E-state index contributed by atoms with van der Waals surface area (Å²) in [6, 6.07) is 6.24. The summed E-state index contributed by atoms with van der Waals surface area (Å²) in [6.07, 6.45) is 5.26. The van der Waals surface area contributed by atoms with Crippen molar-refractivity contribution in [3.63, 3.8) is 0 Å². The maximum atomic E-state index is 5.52. The van der Waals surface area contributed by atoms with Gasteiger partial charge in [0, 0.05) is 23.5 Å². The molecule has 0 aliphatic heterocycles. The van der Waals surface area contributed by atoms with Crippen LogP contribution in [-0.2, 0) is 13.0 Å². The van der Waals surface area contributed by atoms with Crippen molar-refractivity contribution in [2.24, 2.45) is 0 Å². The van der Waals surface area contributed by atoms with Crippen molar-refractivity contribution < 1.29 is 4.42 Å². The van der Waals surface area contributed by atoms with E-state index in [9.17, 15) is 0 Å². The van der Waals surface area contributed by atoms with E-state index in [1.165, 1.54) is 29.8 Å². The van der Waals surface area contributed by atoms with Gasteiger partial charge in [0.15, 0.2) is 0 Å². The second-order valence-corrected chi connectivity index (χ2v) is 4.48. The van der Waals surface area contributed by atoms with Crippen LogP contribution in [0.4, 0.5) is 0 Å². The van der Waals surface area contributed by atoms with Gasteiger partial charge in [-0.15, -0.1) is 0 Å². The Labute approximate surface area is 103 Å². The second-order valence-electron chi connectivity index (χ2n) is 4.48. The molecule has 0 aliphatic rings. The minimum atomic E-state index is 0.986. The Bertz CT molecular complexity index is 465. The number of aryl methyl sites for hydroxylation is 1. The van der Waals surface area contributed by atoms with E-state index in [0.29, 0.717) is 0 Å². The maximum absolute atomic E-state index is 5.52. The zero-order chi connectivity index (χ0) is 12.3. The molecule has 2 nitrogen and oxygen atoms in total. The molecule has 0 radical (unpaired) electrons. The highest BCUT2D eigenvalue weighted by Crippen LogP contribution is 2.28. The molecule has 2 aromatic rings. The summed E-state index contributed by atoms with van der Waals surface area (Å²) < 4.78 is 7.95. The smallest absolute Gasteiger partial charge is 0.135 e. The molecular formula is C15H21NO. The van der Waals surface area contributed by atoms with E-state index >= 15 is 0 Å². The Morgan fingerprint density at radius 3 is 2.71 bits per heavy atom. The van der Waals surface area contributed by atoms with E-state index in [2.05, 4.69) is 31.4 Å². The topological polar surface area (TPSA) is 18.1 Å². The normalized spacial score (nSPS) is 11.0. The lowest BCUT2D eigenvalue weighted by Gasteiger charge is -2.10. The summed E-state index contributed by atoms with van der Waals surface area (Å²) >= 11 is 0. The van der Waals surface area contributed by atoms with Crippen molar-refractivity contribution in [3.05, 3.63) is 35.9 Å². The van der Waals surface area contributed by atoms with Crippen molar-refractivity contribution in [3.8, 4) is 11.3 Å². The first-order chi connectivity index (χ1) is 8.27. The third-order valence-electron chi connectivity index (χ3n) is 3.27. The lowest BCUT2D eigenvalue weighted by Crippen LogP contribution is -2.04. The lowest BCUT2D eigenvalue weighted by atomic mass is 10.1. The molecule has 0 bridgehead atoms. The van der Waals surface area contributed by atoms with Crippen LogP contribution in [0.1, 0.15) is 38.1 Å². The Hall–Kier alpha value is -1.44. The van der Waals surface area contributed by atoms with Gasteiger partial charge in [-0.25, -0.2) is 0 Å². The maximum Gasteiger partial charge on any atom is 0.135 e.